The minimum Gasteiger partial charge on any atom is -0.337 e. The fourth-order valence-corrected chi connectivity index (χ4v) is 6.67. The number of anilines is 1. The normalized spacial score (nSPS) is 25.4. The van der Waals surface area contributed by atoms with Gasteiger partial charge in [-0.2, -0.15) is 5.10 Å². The number of hydrogen-bond donors (Lipinski definition) is 1. The lowest BCUT2D eigenvalue weighted by Gasteiger charge is -2.30. The predicted octanol–water partition coefficient (Wildman–Crippen LogP) is 5.78. The first-order chi connectivity index (χ1) is 16.5. The van der Waals surface area contributed by atoms with E-state index >= 15 is 0 Å². The van der Waals surface area contributed by atoms with Crippen molar-refractivity contribution in [2.24, 2.45) is 11.3 Å². The second-order valence-corrected chi connectivity index (χ2v) is 11.0. The summed E-state index contributed by atoms with van der Waals surface area (Å²) in [5.74, 6) is 0.779. The summed E-state index contributed by atoms with van der Waals surface area (Å²) in [4.78, 5) is 28.6. The summed E-state index contributed by atoms with van der Waals surface area (Å²) in [5.41, 5.74) is 2.83. The minimum absolute atomic E-state index is 0.0347. The van der Waals surface area contributed by atoms with E-state index in [2.05, 4.69) is 34.7 Å². The Morgan fingerprint density at radius 2 is 1.76 bits per heavy atom. The van der Waals surface area contributed by atoms with E-state index in [4.69, 9.17) is 0 Å². The van der Waals surface area contributed by atoms with Gasteiger partial charge in [-0.1, -0.05) is 37.8 Å². The van der Waals surface area contributed by atoms with Crippen LogP contribution in [0, 0.1) is 11.3 Å². The monoisotopic (exact) mass is 462 g/mol. The lowest BCUT2D eigenvalue weighted by Crippen LogP contribution is -2.39. The number of nitrogens with zero attached hydrogens (tertiary/aromatic N) is 3. The van der Waals surface area contributed by atoms with E-state index in [9.17, 15) is 9.59 Å². The van der Waals surface area contributed by atoms with Gasteiger partial charge in [0.2, 0.25) is 5.91 Å². The van der Waals surface area contributed by atoms with Crippen LogP contribution in [0.15, 0.2) is 36.5 Å². The van der Waals surface area contributed by atoms with E-state index in [1.165, 1.54) is 37.7 Å². The molecular weight excluding hydrogens is 424 g/mol. The molecule has 5 rings (SSSR count). The Kier molecular flexibility index (Phi) is 6.50. The zero-order valence-corrected chi connectivity index (χ0v) is 20.6. The minimum atomic E-state index is -0.107. The van der Waals surface area contributed by atoms with Gasteiger partial charge in [-0.25, -0.2) is 0 Å². The number of likely N-dealkylation sites (tertiary alicyclic amines) is 1. The molecule has 1 aromatic heterocycles. The molecule has 6 nitrogen and oxygen atoms in total. The first-order valence-corrected chi connectivity index (χ1v) is 13.2. The van der Waals surface area contributed by atoms with Crippen LogP contribution in [0.1, 0.15) is 99.6 Å². The molecule has 1 aliphatic heterocycles. The molecule has 1 saturated heterocycles. The smallest absolute Gasteiger partial charge is 0.272 e. The summed E-state index contributed by atoms with van der Waals surface area (Å²) < 4.78 is 1.79. The molecule has 2 unspecified atom stereocenters. The van der Waals surface area contributed by atoms with Crippen LogP contribution in [-0.2, 0) is 4.79 Å². The van der Waals surface area contributed by atoms with E-state index in [1.807, 2.05) is 24.8 Å². The van der Waals surface area contributed by atoms with Gasteiger partial charge in [0, 0.05) is 42.3 Å². The number of amides is 2. The van der Waals surface area contributed by atoms with Crippen LogP contribution in [0.3, 0.4) is 0 Å². The van der Waals surface area contributed by atoms with Crippen LogP contribution in [0.5, 0.6) is 0 Å². The average molecular weight is 463 g/mol. The Hall–Kier alpha value is -2.63. The molecule has 3 aliphatic rings. The molecule has 0 radical (unpaired) electrons. The summed E-state index contributed by atoms with van der Waals surface area (Å²) in [6.45, 7) is 5.44. The van der Waals surface area contributed by atoms with Gasteiger partial charge in [0.05, 0.1) is 0 Å². The summed E-state index contributed by atoms with van der Waals surface area (Å²) in [6.07, 6.45) is 12.1. The van der Waals surface area contributed by atoms with Crippen molar-refractivity contribution in [3.63, 3.8) is 0 Å². The molecule has 1 spiro atoms. The summed E-state index contributed by atoms with van der Waals surface area (Å²) in [6, 6.07) is 10.5. The van der Waals surface area contributed by atoms with Gasteiger partial charge >= 0.3 is 0 Å². The van der Waals surface area contributed by atoms with Gasteiger partial charge in [0.25, 0.3) is 5.91 Å². The maximum absolute atomic E-state index is 13.4. The summed E-state index contributed by atoms with van der Waals surface area (Å²) in [5, 5.41) is 7.53. The molecule has 3 fully saturated rings. The zero-order valence-electron chi connectivity index (χ0n) is 20.6. The van der Waals surface area contributed by atoms with Crippen LogP contribution in [0.25, 0.3) is 0 Å². The lowest BCUT2D eigenvalue weighted by atomic mass is 9.76. The van der Waals surface area contributed by atoms with Gasteiger partial charge in [-0.15, -0.1) is 0 Å². The van der Waals surface area contributed by atoms with Gasteiger partial charge in [-0.05, 0) is 75.6 Å². The third kappa shape index (κ3) is 4.39. The van der Waals surface area contributed by atoms with Crippen LogP contribution < -0.4 is 5.32 Å². The highest BCUT2D eigenvalue weighted by molar-refractivity contribution is 5.94. The quantitative estimate of drug-likeness (QED) is 0.612. The molecule has 1 aromatic carbocycles. The van der Waals surface area contributed by atoms with Crippen molar-refractivity contribution in [3.8, 4) is 0 Å². The summed E-state index contributed by atoms with van der Waals surface area (Å²) >= 11 is 0. The zero-order chi connectivity index (χ0) is 23.7. The van der Waals surface area contributed by atoms with Crippen molar-refractivity contribution in [1.82, 2.24) is 14.7 Å². The number of aromatic nitrogens is 2. The standard InChI is InChI=1S/C28H38N4O2/c1-20(2)32-25(14-17-29-32)27(34)31-18-16-28(19-31)15-6-9-24(28)26(33)30-23-12-10-22(11-13-23)21-7-4-3-5-8-21/h10-14,17,20-21,24H,3-9,15-16,18-19H2,1-2H3,(H,30,33). The lowest BCUT2D eigenvalue weighted by molar-refractivity contribution is -0.122. The predicted molar refractivity (Wildman–Crippen MR) is 134 cm³/mol. The molecule has 1 N–H and O–H groups in total. The Morgan fingerprint density at radius 3 is 2.50 bits per heavy atom. The van der Waals surface area contributed by atoms with Crippen molar-refractivity contribution in [2.75, 3.05) is 18.4 Å². The largest absolute Gasteiger partial charge is 0.337 e. The number of carbonyl (C=O) groups is 2. The Labute approximate surface area is 203 Å². The van der Waals surface area contributed by atoms with Gasteiger partial charge in [0.1, 0.15) is 5.69 Å². The molecule has 2 saturated carbocycles. The van der Waals surface area contributed by atoms with Crippen LogP contribution in [0.2, 0.25) is 0 Å². The van der Waals surface area contributed by atoms with E-state index in [0.717, 1.165) is 31.4 Å². The Morgan fingerprint density at radius 1 is 1.00 bits per heavy atom. The molecule has 182 valence electrons. The third-order valence-electron chi connectivity index (χ3n) is 8.53. The number of nitrogens with one attached hydrogen (secondary N) is 1. The topological polar surface area (TPSA) is 67.2 Å². The summed E-state index contributed by atoms with van der Waals surface area (Å²) in [7, 11) is 0. The number of rotatable bonds is 5. The highest BCUT2D eigenvalue weighted by Gasteiger charge is 2.51. The number of benzene rings is 1. The van der Waals surface area contributed by atoms with Crippen LogP contribution >= 0.6 is 0 Å². The SMILES string of the molecule is CC(C)n1nccc1C(=O)N1CCC2(CCCC2C(=O)Nc2ccc(C3CCCCC3)cc2)C1. The molecule has 6 heteroatoms. The Balaban J connectivity index is 1.24. The van der Waals surface area contributed by atoms with E-state index in [1.54, 1.807) is 10.9 Å². The van der Waals surface area contributed by atoms with E-state index in [0.29, 0.717) is 24.7 Å². The number of carbonyl (C=O) groups excluding carboxylic acids is 2. The van der Waals surface area contributed by atoms with Crippen LogP contribution in [0.4, 0.5) is 5.69 Å². The van der Waals surface area contributed by atoms with Gasteiger partial charge in [-0.3, -0.25) is 14.3 Å². The van der Waals surface area contributed by atoms with Crippen molar-refractivity contribution >= 4 is 17.5 Å². The van der Waals surface area contributed by atoms with E-state index < -0.39 is 0 Å². The molecule has 34 heavy (non-hydrogen) atoms. The third-order valence-corrected chi connectivity index (χ3v) is 8.53. The van der Waals surface area contributed by atoms with Crippen molar-refractivity contribution in [3.05, 3.63) is 47.8 Å². The fourth-order valence-electron chi connectivity index (χ4n) is 6.67. The maximum atomic E-state index is 13.4. The highest BCUT2D eigenvalue weighted by atomic mass is 16.2. The van der Waals surface area contributed by atoms with Gasteiger partial charge in [0.15, 0.2) is 0 Å². The number of hydrogen-bond acceptors (Lipinski definition) is 3. The van der Waals surface area contributed by atoms with Crippen molar-refractivity contribution in [1.29, 1.82) is 0 Å². The first kappa shape index (κ1) is 23.1. The molecule has 2 amide bonds. The first-order valence-electron chi connectivity index (χ1n) is 13.2. The molecule has 2 aromatic rings. The molecule has 2 heterocycles. The van der Waals surface area contributed by atoms with Crippen molar-refractivity contribution in [2.45, 2.75) is 83.6 Å². The van der Waals surface area contributed by atoms with E-state index in [-0.39, 0.29) is 29.2 Å². The van der Waals surface area contributed by atoms with Crippen LogP contribution in [-0.4, -0.2) is 39.6 Å². The molecule has 2 aliphatic carbocycles. The second-order valence-electron chi connectivity index (χ2n) is 11.0. The molecule has 2 atom stereocenters. The fraction of sp³-hybridized carbons (Fsp3) is 0.607. The molecular formula is C28H38N4O2. The molecule has 0 bridgehead atoms. The Bertz CT molecular complexity index is 1020. The average Bonchev–Trinajstić information content (AvgIpc) is 3.60. The highest BCUT2D eigenvalue weighted by Crippen LogP contribution is 2.50. The van der Waals surface area contributed by atoms with Crippen molar-refractivity contribution < 1.29 is 9.59 Å². The van der Waals surface area contributed by atoms with Gasteiger partial charge < -0.3 is 10.2 Å². The maximum Gasteiger partial charge on any atom is 0.272 e. The second kappa shape index (κ2) is 9.55.